The molecule has 1 fully saturated rings. The Morgan fingerprint density at radius 3 is 2.59 bits per heavy atom. The summed E-state index contributed by atoms with van der Waals surface area (Å²) in [5.74, 6) is 1.95. The Morgan fingerprint density at radius 2 is 1.82 bits per heavy atom. The average molecular weight is 470 g/mol. The number of carbonyl (C=O) groups is 2. The highest BCUT2D eigenvalue weighted by Gasteiger charge is 2.26. The van der Waals surface area contributed by atoms with Gasteiger partial charge in [-0.1, -0.05) is 0 Å². The monoisotopic (exact) mass is 469 g/mol. The lowest BCUT2D eigenvalue weighted by Crippen LogP contribution is -2.45. The molecule has 2 aliphatic rings. The summed E-state index contributed by atoms with van der Waals surface area (Å²) >= 11 is 0. The molecule has 2 amide bonds. The lowest BCUT2D eigenvalue weighted by atomic mass is 10.2. The smallest absolute Gasteiger partial charge is 0.265 e. The fourth-order valence-electron chi connectivity index (χ4n) is 3.91. The second kappa shape index (κ2) is 11.7. The zero-order chi connectivity index (χ0) is 23.8. The number of ether oxygens (including phenoxy) is 4. The van der Waals surface area contributed by atoms with Gasteiger partial charge in [-0.25, -0.2) is 0 Å². The lowest BCUT2D eigenvalue weighted by molar-refractivity contribution is -0.121. The van der Waals surface area contributed by atoms with Crippen LogP contribution in [0.3, 0.4) is 0 Å². The Labute approximate surface area is 199 Å². The zero-order valence-corrected chi connectivity index (χ0v) is 19.5. The molecular formula is C25H31N3O6. The predicted octanol–water partition coefficient (Wildman–Crippen LogP) is 2.55. The van der Waals surface area contributed by atoms with Crippen LogP contribution in [0.1, 0.15) is 12.8 Å². The van der Waals surface area contributed by atoms with Gasteiger partial charge < -0.3 is 29.2 Å². The van der Waals surface area contributed by atoms with E-state index in [4.69, 9.17) is 18.9 Å². The van der Waals surface area contributed by atoms with Gasteiger partial charge in [-0.2, -0.15) is 0 Å². The zero-order valence-electron chi connectivity index (χ0n) is 19.5. The highest BCUT2D eigenvalue weighted by Crippen LogP contribution is 2.34. The third-order valence-corrected chi connectivity index (χ3v) is 5.81. The SMILES string of the molecule is COc1ccc(OCCCC(=O)Nc2ccc3c(c2)N(CCN2CCOCC2)C(=O)CO3)cc1. The summed E-state index contributed by atoms with van der Waals surface area (Å²) in [4.78, 5) is 29.0. The van der Waals surface area contributed by atoms with Gasteiger partial charge >= 0.3 is 0 Å². The van der Waals surface area contributed by atoms with E-state index in [1.54, 1.807) is 30.2 Å². The van der Waals surface area contributed by atoms with E-state index in [1.165, 1.54) is 0 Å². The van der Waals surface area contributed by atoms with Crippen molar-refractivity contribution in [2.45, 2.75) is 12.8 Å². The third-order valence-electron chi connectivity index (χ3n) is 5.81. The first-order valence-corrected chi connectivity index (χ1v) is 11.6. The average Bonchev–Trinajstić information content (AvgIpc) is 2.87. The molecule has 0 radical (unpaired) electrons. The molecule has 0 unspecified atom stereocenters. The van der Waals surface area contributed by atoms with Crippen LogP contribution in [0.4, 0.5) is 11.4 Å². The van der Waals surface area contributed by atoms with Crippen molar-refractivity contribution >= 4 is 23.2 Å². The normalized spacial score (nSPS) is 15.9. The van der Waals surface area contributed by atoms with Gasteiger partial charge in [0.25, 0.3) is 5.91 Å². The van der Waals surface area contributed by atoms with Crippen LogP contribution in [0.5, 0.6) is 17.2 Å². The van der Waals surface area contributed by atoms with Gasteiger partial charge in [-0.05, 0) is 48.9 Å². The van der Waals surface area contributed by atoms with Crippen molar-refractivity contribution in [2.75, 3.05) is 69.9 Å². The minimum atomic E-state index is -0.110. The van der Waals surface area contributed by atoms with Crippen molar-refractivity contribution in [1.82, 2.24) is 4.90 Å². The first kappa shape index (κ1) is 23.8. The summed E-state index contributed by atoms with van der Waals surface area (Å²) in [6.07, 6.45) is 0.902. The fraction of sp³-hybridized carbons (Fsp3) is 0.440. The molecule has 0 spiro atoms. The summed E-state index contributed by atoms with van der Waals surface area (Å²) in [5, 5.41) is 2.92. The molecule has 2 heterocycles. The van der Waals surface area contributed by atoms with Crippen molar-refractivity contribution in [2.24, 2.45) is 0 Å². The van der Waals surface area contributed by atoms with Crippen molar-refractivity contribution in [1.29, 1.82) is 0 Å². The van der Waals surface area contributed by atoms with E-state index in [0.717, 1.165) is 44.3 Å². The van der Waals surface area contributed by atoms with E-state index >= 15 is 0 Å². The molecular weight excluding hydrogens is 438 g/mol. The molecule has 0 aliphatic carbocycles. The highest BCUT2D eigenvalue weighted by molar-refractivity contribution is 5.99. The van der Waals surface area contributed by atoms with Crippen LogP contribution in [0.2, 0.25) is 0 Å². The summed E-state index contributed by atoms with van der Waals surface area (Å²) in [5.41, 5.74) is 1.32. The first-order chi connectivity index (χ1) is 16.6. The molecule has 0 atom stereocenters. The minimum absolute atomic E-state index is 0.0238. The second-order valence-electron chi connectivity index (χ2n) is 8.15. The van der Waals surface area contributed by atoms with Crippen molar-refractivity contribution in [3.63, 3.8) is 0 Å². The number of methoxy groups -OCH3 is 1. The molecule has 182 valence electrons. The summed E-state index contributed by atoms with van der Waals surface area (Å²) < 4.78 is 21.8. The number of hydrogen-bond acceptors (Lipinski definition) is 7. The number of carbonyl (C=O) groups excluding carboxylic acids is 2. The van der Waals surface area contributed by atoms with Crippen LogP contribution in [0, 0.1) is 0 Å². The largest absolute Gasteiger partial charge is 0.497 e. The Morgan fingerprint density at radius 1 is 1.06 bits per heavy atom. The molecule has 1 N–H and O–H groups in total. The van der Waals surface area contributed by atoms with Gasteiger partial charge in [0.2, 0.25) is 5.91 Å². The van der Waals surface area contributed by atoms with Gasteiger partial charge in [0.15, 0.2) is 6.61 Å². The Hall–Kier alpha value is -3.30. The molecule has 0 aromatic heterocycles. The molecule has 2 aromatic rings. The van der Waals surface area contributed by atoms with Gasteiger partial charge in [0, 0.05) is 38.3 Å². The van der Waals surface area contributed by atoms with Gasteiger partial charge in [-0.15, -0.1) is 0 Å². The Balaban J connectivity index is 1.27. The number of nitrogens with one attached hydrogen (secondary N) is 1. The van der Waals surface area contributed by atoms with Crippen LogP contribution in [0.15, 0.2) is 42.5 Å². The number of nitrogens with zero attached hydrogens (tertiary/aromatic N) is 2. The second-order valence-corrected chi connectivity index (χ2v) is 8.15. The van der Waals surface area contributed by atoms with Gasteiger partial charge in [0.05, 0.1) is 32.6 Å². The molecule has 2 aliphatic heterocycles. The molecule has 34 heavy (non-hydrogen) atoms. The van der Waals surface area contributed by atoms with Crippen LogP contribution >= 0.6 is 0 Å². The lowest BCUT2D eigenvalue weighted by Gasteiger charge is -2.33. The van der Waals surface area contributed by atoms with E-state index in [1.807, 2.05) is 24.3 Å². The van der Waals surface area contributed by atoms with Crippen molar-refractivity contribution in [3.8, 4) is 17.2 Å². The van der Waals surface area contributed by atoms with Crippen LogP contribution < -0.4 is 24.4 Å². The first-order valence-electron chi connectivity index (χ1n) is 11.6. The van der Waals surface area contributed by atoms with E-state index in [9.17, 15) is 9.59 Å². The molecule has 4 rings (SSSR count). The Bertz CT molecular complexity index is 975. The van der Waals surface area contributed by atoms with Crippen molar-refractivity contribution < 1.29 is 28.5 Å². The summed E-state index contributed by atoms with van der Waals surface area (Å²) in [6.45, 7) is 4.95. The summed E-state index contributed by atoms with van der Waals surface area (Å²) in [6, 6.07) is 12.7. The highest BCUT2D eigenvalue weighted by atomic mass is 16.5. The van der Waals surface area contributed by atoms with E-state index < -0.39 is 0 Å². The maximum atomic E-state index is 12.5. The predicted molar refractivity (Wildman–Crippen MR) is 128 cm³/mol. The van der Waals surface area contributed by atoms with E-state index in [0.29, 0.717) is 43.1 Å². The topological polar surface area (TPSA) is 89.6 Å². The minimum Gasteiger partial charge on any atom is -0.497 e. The Kier molecular flexibility index (Phi) is 8.21. The van der Waals surface area contributed by atoms with Gasteiger partial charge in [-0.3, -0.25) is 14.5 Å². The molecule has 2 aromatic carbocycles. The number of benzene rings is 2. The number of anilines is 2. The molecule has 9 nitrogen and oxygen atoms in total. The van der Waals surface area contributed by atoms with E-state index in [2.05, 4.69) is 10.2 Å². The van der Waals surface area contributed by atoms with Gasteiger partial charge in [0.1, 0.15) is 17.2 Å². The standard InChI is InChI=1S/C25H31N3O6/c1-31-20-5-7-21(8-6-20)33-14-2-3-24(29)26-19-4-9-23-22(17-19)28(25(30)18-34-23)11-10-27-12-15-32-16-13-27/h4-9,17H,2-3,10-16,18H2,1H3,(H,26,29). The number of amides is 2. The quantitative estimate of drug-likeness (QED) is 0.535. The van der Waals surface area contributed by atoms with Crippen LogP contribution in [-0.4, -0.2) is 76.4 Å². The number of hydrogen-bond donors (Lipinski definition) is 1. The van der Waals surface area contributed by atoms with E-state index in [-0.39, 0.29) is 18.4 Å². The number of morpholine rings is 1. The maximum Gasteiger partial charge on any atom is 0.265 e. The molecule has 0 bridgehead atoms. The van der Waals surface area contributed by atoms with Crippen molar-refractivity contribution in [3.05, 3.63) is 42.5 Å². The number of rotatable bonds is 10. The number of fused-ring (bicyclic) bond motifs is 1. The molecule has 1 saturated heterocycles. The maximum absolute atomic E-state index is 12.5. The summed E-state index contributed by atoms with van der Waals surface area (Å²) in [7, 11) is 1.62. The third kappa shape index (κ3) is 6.39. The fourth-order valence-corrected chi connectivity index (χ4v) is 3.91. The van der Waals surface area contributed by atoms with Crippen LogP contribution in [-0.2, 0) is 14.3 Å². The molecule has 9 heteroatoms. The molecule has 0 saturated carbocycles. The van der Waals surface area contributed by atoms with Crippen LogP contribution in [0.25, 0.3) is 0 Å².